The van der Waals surface area contributed by atoms with E-state index in [1.807, 2.05) is 66.7 Å². The number of hydrogen-bond donors (Lipinski definition) is 1. The molecule has 0 radical (unpaired) electrons. The summed E-state index contributed by atoms with van der Waals surface area (Å²) in [6, 6.07) is 23.2. The summed E-state index contributed by atoms with van der Waals surface area (Å²) in [5.41, 5.74) is 4.42. The van der Waals surface area contributed by atoms with Gasteiger partial charge in [0, 0.05) is 9.86 Å². The summed E-state index contributed by atoms with van der Waals surface area (Å²) in [7, 11) is 0. The van der Waals surface area contributed by atoms with Crippen molar-refractivity contribution in [2.45, 2.75) is 0 Å². The van der Waals surface area contributed by atoms with Crippen molar-refractivity contribution in [1.82, 2.24) is 9.97 Å². The molecule has 2 aromatic heterocycles. The molecule has 0 amide bonds. The molecule has 5 rings (SSSR count). The number of aromatic amines is 1. The number of H-pyrrole nitrogens is 1. The third-order valence-electron chi connectivity index (χ3n) is 4.43. The first-order valence-corrected chi connectivity index (χ1v) is 9.82. The van der Waals surface area contributed by atoms with Gasteiger partial charge < -0.3 is 9.40 Å². The highest BCUT2D eigenvalue weighted by Crippen LogP contribution is 2.27. The van der Waals surface area contributed by atoms with Crippen molar-refractivity contribution < 1.29 is 4.42 Å². The van der Waals surface area contributed by atoms with Gasteiger partial charge in [-0.2, -0.15) is 0 Å². The smallest absolute Gasteiger partial charge is 0.230 e. The average molecular weight is 451 g/mol. The van der Waals surface area contributed by atoms with E-state index in [1.54, 1.807) is 6.07 Å². The summed E-state index contributed by atoms with van der Waals surface area (Å²) in [4.78, 5) is 12.8. The van der Waals surface area contributed by atoms with Gasteiger partial charge in [0.1, 0.15) is 11.4 Å². The van der Waals surface area contributed by atoms with Crippen LogP contribution < -0.4 is 5.55 Å². The second kappa shape index (κ2) is 6.93. The van der Waals surface area contributed by atoms with Crippen LogP contribution in [0.3, 0.4) is 0 Å². The van der Waals surface area contributed by atoms with Gasteiger partial charge in [-0.3, -0.25) is 0 Å². The predicted octanol–water partition coefficient (Wildman–Crippen LogP) is 6.62. The molecular formula is C22H13BrClN3O. The molecule has 0 bridgehead atoms. The van der Waals surface area contributed by atoms with Crippen molar-refractivity contribution in [3.05, 3.63) is 87.8 Å². The van der Waals surface area contributed by atoms with Crippen LogP contribution in [0.2, 0.25) is 5.02 Å². The molecule has 0 atom stereocenters. The van der Waals surface area contributed by atoms with E-state index in [2.05, 4.69) is 25.9 Å². The van der Waals surface area contributed by atoms with Crippen molar-refractivity contribution in [3.63, 3.8) is 0 Å². The second-order valence-corrected chi connectivity index (χ2v) is 7.64. The number of aromatic nitrogens is 2. The topological polar surface area (TPSA) is 54.2 Å². The van der Waals surface area contributed by atoms with Crippen LogP contribution in [0.1, 0.15) is 0 Å². The fourth-order valence-corrected chi connectivity index (χ4v) is 3.64. The van der Waals surface area contributed by atoms with Crippen LogP contribution in [0.4, 0.5) is 5.69 Å². The molecule has 4 nitrogen and oxygen atoms in total. The average Bonchev–Trinajstić information content (AvgIpc) is 3.13. The lowest BCUT2D eigenvalue weighted by atomic mass is 10.2. The van der Waals surface area contributed by atoms with Crippen LogP contribution in [0.5, 0.6) is 0 Å². The zero-order valence-electron chi connectivity index (χ0n) is 14.5. The molecule has 0 spiro atoms. The van der Waals surface area contributed by atoms with Gasteiger partial charge in [-0.05, 0) is 48.5 Å². The Kier molecular flexibility index (Phi) is 4.26. The molecule has 3 aromatic carbocycles. The van der Waals surface area contributed by atoms with Crippen LogP contribution in [0, 0.1) is 0 Å². The number of rotatable bonds is 2. The molecule has 0 saturated carbocycles. The number of nitrogens with zero attached hydrogens (tertiary/aromatic N) is 2. The molecule has 28 heavy (non-hydrogen) atoms. The first kappa shape index (κ1) is 17.2. The fraction of sp³-hybridized carbons (Fsp3) is 0. The van der Waals surface area contributed by atoms with Gasteiger partial charge in [-0.25, -0.2) is 9.98 Å². The van der Waals surface area contributed by atoms with Crippen molar-refractivity contribution in [3.8, 4) is 11.4 Å². The standard InChI is InChI=1S/C22H13BrClN3O/c23-14-9-10-20-13(11-14)12-15(21-25-18-7-3-4-8-19(18)26-21)22(28-20)27-17-6-2-1-5-16(17)24/h1-12H,(H,25,26). The highest BCUT2D eigenvalue weighted by Gasteiger charge is 2.12. The zero-order valence-corrected chi connectivity index (χ0v) is 16.8. The minimum Gasteiger partial charge on any atom is -0.438 e. The Morgan fingerprint density at radius 2 is 1.79 bits per heavy atom. The van der Waals surface area contributed by atoms with E-state index in [1.165, 1.54) is 0 Å². The number of benzene rings is 3. The van der Waals surface area contributed by atoms with Crippen LogP contribution in [-0.4, -0.2) is 9.97 Å². The molecule has 0 unspecified atom stereocenters. The third-order valence-corrected chi connectivity index (χ3v) is 5.24. The minimum atomic E-state index is 0.446. The Morgan fingerprint density at radius 3 is 2.64 bits per heavy atom. The van der Waals surface area contributed by atoms with Gasteiger partial charge in [-0.15, -0.1) is 0 Å². The Balaban J connectivity index is 1.83. The molecular weight excluding hydrogens is 438 g/mol. The summed E-state index contributed by atoms with van der Waals surface area (Å²) in [6.07, 6.45) is 0. The van der Waals surface area contributed by atoms with E-state index in [-0.39, 0.29) is 0 Å². The van der Waals surface area contributed by atoms with Gasteiger partial charge in [-0.1, -0.05) is 51.8 Å². The van der Waals surface area contributed by atoms with Crippen LogP contribution in [0.15, 0.2) is 86.7 Å². The number of imidazole rings is 1. The van der Waals surface area contributed by atoms with Gasteiger partial charge >= 0.3 is 0 Å². The second-order valence-electron chi connectivity index (χ2n) is 6.31. The van der Waals surface area contributed by atoms with E-state index < -0.39 is 0 Å². The number of fused-ring (bicyclic) bond motifs is 2. The highest BCUT2D eigenvalue weighted by molar-refractivity contribution is 9.10. The minimum absolute atomic E-state index is 0.446. The Morgan fingerprint density at radius 1 is 0.964 bits per heavy atom. The summed E-state index contributed by atoms with van der Waals surface area (Å²) in [5.74, 6) is 0.692. The molecule has 0 saturated heterocycles. The van der Waals surface area contributed by atoms with Crippen LogP contribution >= 0.6 is 27.5 Å². The quantitative estimate of drug-likeness (QED) is 0.328. The highest BCUT2D eigenvalue weighted by atomic mass is 79.9. The van der Waals surface area contributed by atoms with E-state index in [0.29, 0.717) is 22.1 Å². The fourth-order valence-electron chi connectivity index (χ4n) is 3.09. The van der Waals surface area contributed by atoms with E-state index in [9.17, 15) is 0 Å². The molecule has 0 aliphatic rings. The molecule has 136 valence electrons. The maximum absolute atomic E-state index is 6.31. The van der Waals surface area contributed by atoms with Crippen molar-refractivity contribution in [2.75, 3.05) is 0 Å². The first-order chi connectivity index (χ1) is 13.7. The number of nitrogens with one attached hydrogen (secondary N) is 1. The number of hydrogen-bond acceptors (Lipinski definition) is 3. The number of halogens is 2. The monoisotopic (exact) mass is 449 g/mol. The van der Waals surface area contributed by atoms with E-state index in [4.69, 9.17) is 21.0 Å². The van der Waals surface area contributed by atoms with Crippen LogP contribution in [0.25, 0.3) is 33.4 Å². The molecule has 2 heterocycles. The zero-order chi connectivity index (χ0) is 19.1. The maximum Gasteiger partial charge on any atom is 0.230 e. The third kappa shape index (κ3) is 3.13. The molecule has 0 aliphatic carbocycles. The molecule has 6 heteroatoms. The predicted molar refractivity (Wildman–Crippen MR) is 116 cm³/mol. The lowest BCUT2D eigenvalue weighted by Crippen LogP contribution is -2.06. The van der Waals surface area contributed by atoms with Gasteiger partial charge in [0.25, 0.3) is 0 Å². The Labute approximate surface area is 173 Å². The lowest BCUT2D eigenvalue weighted by Gasteiger charge is -2.04. The van der Waals surface area contributed by atoms with E-state index in [0.717, 1.165) is 32.0 Å². The van der Waals surface area contributed by atoms with Gasteiger partial charge in [0.05, 0.1) is 27.3 Å². The van der Waals surface area contributed by atoms with Crippen LogP contribution in [-0.2, 0) is 0 Å². The number of para-hydroxylation sites is 3. The molecule has 5 aromatic rings. The summed E-state index contributed by atoms with van der Waals surface area (Å²) >= 11 is 9.83. The Bertz CT molecular complexity index is 1370. The molecule has 0 aliphatic heterocycles. The SMILES string of the molecule is Clc1ccccc1N=c1oc2ccc(Br)cc2cc1-c1nc2ccccc2[nH]1. The van der Waals surface area contributed by atoms with Crippen molar-refractivity contribution in [1.29, 1.82) is 0 Å². The van der Waals surface area contributed by atoms with Crippen molar-refractivity contribution >= 4 is 55.2 Å². The molecule has 1 N–H and O–H groups in total. The maximum atomic E-state index is 6.31. The summed E-state index contributed by atoms with van der Waals surface area (Å²) in [5, 5.41) is 1.51. The summed E-state index contributed by atoms with van der Waals surface area (Å²) < 4.78 is 7.12. The molecule has 0 fully saturated rings. The first-order valence-electron chi connectivity index (χ1n) is 8.65. The van der Waals surface area contributed by atoms with E-state index >= 15 is 0 Å². The van der Waals surface area contributed by atoms with Gasteiger partial charge in [0.15, 0.2) is 0 Å². The largest absolute Gasteiger partial charge is 0.438 e. The Hall–Kier alpha value is -2.89. The summed E-state index contributed by atoms with van der Waals surface area (Å²) in [6.45, 7) is 0. The van der Waals surface area contributed by atoms with Gasteiger partial charge in [0.2, 0.25) is 5.55 Å². The lowest BCUT2D eigenvalue weighted by molar-refractivity contribution is 0.547. The normalized spacial score (nSPS) is 12.1. The van der Waals surface area contributed by atoms with Crippen molar-refractivity contribution in [2.24, 2.45) is 4.99 Å².